The van der Waals surface area contributed by atoms with Crippen LogP contribution in [0.5, 0.6) is 0 Å². The zero-order valence-electron chi connectivity index (χ0n) is 15.2. The lowest BCUT2D eigenvalue weighted by molar-refractivity contribution is -0.131. The fourth-order valence-corrected chi connectivity index (χ4v) is 4.24. The lowest BCUT2D eigenvalue weighted by atomic mass is 10.0. The maximum Gasteiger partial charge on any atom is 0.233 e. The van der Waals surface area contributed by atoms with Gasteiger partial charge in [-0.1, -0.05) is 35.5 Å². The molecule has 25 heavy (non-hydrogen) atoms. The molecule has 6 heteroatoms. The zero-order valence-corrected chi connectivity index (χ0v) is 16.1. The van der Waals surface area contributed by atoms with Crippen molar-refractivity contribution in [3.63, 3.8) is 0 Å². The van der Waals surface area contributed by atoms with Crippen LogP contribution < -0.4 is 0 Å². The van der Waals surface area contributed by atoms with Gasteiger partial charge in [0.15, 0.2) is 11.0 Å². The highest BCUT2D eigenvalue weighted by Crippen LogP contribution is 2.25. The smallest absolute Gasteiger partial charge is 0.233 e. The molecular weight excluding hydrogens is 332 g/mol. The Morgan fingerprint density at radius 1 is 1.32 bits per heavy atom. The number of carbonyl (C=O) groups is 1. The number of aryl methyl sites for hydroxylation is 1. The SMILES string of the molecule is CCn1c(SCC(=O)N2CCCCC2C)nnc1-c1cccc(C)c1. The maximum absolute atomic E-state index is 12.6. The first-order chi connectivity index (χ1) is 12.1. The molecule has 1 saturated heterocycles. The summed E-state index contributed by atoms with van der Waals surface area (Å²) in [6, 6.07) is 8.63. The summed E-state index contributed by atoms with van der Waals surface area (Å²) in [5.74, 6) is 1.50. The molecule has 134 valence electrons. The third-order valence-corrected chi connectivity index (χ3v) is 5.71. The summed E-state index contributed by atoms with van der Waals surface area (Å²) in [7, 11) is 0. The Balaban J connectivity index is 1.72. The van der Waals surface area contributed by atoms with Crippen LogP contribution in [-0.4, -0.2) is 43.9 Å². The molecule has 0 radical (unpaired) electrons. The standard InChI is InChI=1S/C19H26N4OS/c1-4-22-18(16-10-7-8-14(2)12-16)20-21-19(22)25-13-17(24)23-11-6-5-9-15(23)3/h7-8,10,12,15H,4-6,9,11,13H2,1-3H3. The van der Waals surface area contributed by atoms with E-state index < -0.39 is 0 Å². The molecule has 1 aliphatic heterocycles. The van der Waals surface area contributed by atoms with E-state index in [1.54, 1.807) is 0 Å². The first-order valence-electron chi connectivity index (χ1n) is 9.02. The first kappa shape index (κ1) is 18.0. The Hall–Kier alpha value is -1.82. The number of likely N-dealkylation sites (tertiary alicyclic amines) is 1. The highest BCUT2D eigenvalue weighted by atomic mass is 32.2. The van der Waals surface area contributed by atoms with E-state index in [9.17, 15) is 4.79 Å². The quantitative estimate of drug-likeness (QED) is 0.764. The molecule has 0 bridgehead atoms. The van der Waals surface area contributed by atoms with Crippen molar-refractivity contribution < 1.29 is 4.79 Å². The molecule has 1 amide bonds. The molecule has 1 atom stereocenters. The van der Waals surface area contributed by atoms with Crippen molar-refractivity contribution in [2.45, 2.75) is 57.8 Å². The number of benzene rings is 1. The van der Waals surface area contributed by atoms with Crippen LogP contribution in [0.2, 0.25) is 0 Å². The Labute approximate surface area is 153 Å². The molecule has 2 aromatic rings. The van der Waals surface area contributed by atoms with Crippen LogP contribution >= 0.6 is 11.8 Å². The fourth-order valence-electron chi connectivity index (χ4n) is 3.36. The Morgan fingerprint density at radius 3 is 2.88 bits per heavy atom. The van der Waals surface area contributed by atoms with E-state index >= 15 is 0 Å². The van der Waals surface area contributed by atoms with Crippen LogP contribution in [0.1, 0.15) is 38.7 Å². The van der Waals surface area contributed by atoms with Crippen LogP contribution in [0.15, 0.2) is 29.4 Å². The number of rotatable bonds is 5. The average molecular weight is 359 g/mol. The van der Waals surface area contributed by atoms with Gasteiger partial charge in [0.1, 0.15) is 0 Å². The molecule has 2 heterocycles. The molecule has 1 unspecified atom stereocenters. The minimum atomic E-state index is 0.208. The molecule has 1 fully saturated rings. The van der Waals surface area contributed by atoms with E-state index in [0.29, 0.717) is 11.8 Å². The first-order valence-corrected chi connectivity index (χ1v) is 10.0. The van der Waals surface area contributed by atoms with Crippen molar-refractivity contribution in [2.24, 2.45) is 0 Å². The highest BCUT2D eigenvalue weighted by Gasteiger charge is 2.24. The van der Waals surface area contributed by atoms with Crippen molar-refractivity contribution >= 4 is 17.7 Å². The molecule has 1 aliphatic rings. The molecule has 0 aliphatic carbocycles. The van der Waals surface area contributed by atoms with Crippen molar-refractivity contribution in [3.05, 3.63) is 29.8 Å². The minimum absolute atomic E-state index is 0.208. The van der Waals surface area contributed by atoms with Gasteiger partial charge in [-0.25, -0.2) is 0 Å². The van der Waals surface area contributed by atoms with Crippen LogP contribution in [0.4, 0.5) is 0 Å². The van der Waals surface area contributed by atoms with Crippen molar-refractivity contribution in [2.75, 3.05) is 12.3 Å². The van der Waals surface area contributed by atoms with Gasteiger partial charge >= 0.3 is 0 Å². The number of hydrogen-bond acceptors (Lipinski definition) is 4. The van der Waals surface area contributed by atoms with Gasteiger partial charge in [0.05, 0.1) is 5.75 Å². The third kappa shape index (κ3) is 4.06. The van der Waals surface area contributed by atoms with Crippen LogP contribution in [0, 0.1) is 6.92 Å². The lowest BCUT2D eigenvalue weighted by Crippen LogP contribution is -2.43. The second-order valence-corrected chi connectivity index (χ2v) is 7.58. The van der Waals surface area contributed by atoms with E-state index in [1.807, 2.05) is 11.0 Å². The van der Waals surface area contributed by atoms with E-state index in [0.717, 1.165) is 42.5 Å². The summed E-state index contributed by atoms with van der Waals surface area (Å²) < 4.78 is 2.09. The second kappa shape index (κ2) is 8.04. The van der Waals surface area contributed by atoms with Gasteiger partial charge in [-0.2, -0.15) is 0 Å². The molecule has 1 aromatic heterocycles. The molecule has 0 spiro atoms. The van der Waals surface area contributed by atoms with Gasteiger partial charge in [-0.05, 0) is 46.1 Å². The predicted molar refractivity (Wildman–Crippen MR) is 102 cm³/mol. The summed E-state index contributed by atoms with van der Waals surface area (Å²) >= 11 is 1.49. The summed E-state index contributed by atoms with van der Waals surface area (Å²) in [4.78, 5) is 14.6. The number of thioether (sulfide) groups is 1. The number of carbonyl (C=O) groups excluding carboxylic acids is 1. The molecule has 0 saturated carbocycles. The molecular formula is C19H26N4OS. The van der Waals surface area contributed by atoms with Gasteiger partial charge in [0, 0.05) is 24.7 Å². The number of amides is 1. The lowest BCUT2D eigenvalue weighted by Gasteiger charge is -2.33. The summed E-state index contributed by atoms with van der Waals surface area (Å²) in [6.07, 6.45) is 3.45. The van der Waals surface area contributed by atoms with Gasteiger partial charge < -0.3 is 9.47 Å². The van der Waals surface area contributed by atoms with E-state index in [2.05, 4.69) is 53.7 Å². The van der Waals surface area contributed by atoms with Gasteiger partial charge in [0.2, 0.25) is 5.91 Å². The summed E-state index contributed by atoms with van der Waals surface area (Å²) in [5, 5.41) is 9.52. The molecule has 1 aromatic carbocycles. The topological polar surface area (TPSA) is 51.0 Å². The van der Waals surface area contributed by atoms with Crippen LogP contribution in [0.25, 0.3) is 11.4 Å². The second-order valence-electron chi connectivity index (χ2n) is 6.64. The molecule has 5 nitrogen and oxygen atoms in total. The number of nitrogens with zero attached hydrogens (tertiary/aromatic N) is 4. The maximum atomic E-state index is 12.6. The van der Waals surface area contributed by atoms with Crippen molar-refractivity contribution in [1.82, 2.24) is 19.7 Å². The van der Waals surface area contributed by atoms with E-state index in [4.69, 9.17) is 0 Å². The average Bonchev–Trinajstić information content (AvgIpc) is 3.03. The normalized spacial score (nSPS) is 17.7. The Kier molecular flexibility index (Phi) is 5.78. The largest absolute Gasteiger partial charge is 0.339 e. The number of piperidine rings is 1. The monoisotopic (exact) mass is 358 g/mol. The van der Waals surface area contributed by atoms with Crippen LogP contribution in [0.3, 0.4) is 0 Å². The predicted octanol–water partition coefficient (Wildman–Crippen LogP) is 3.77. The molecule has 0 N–H and O–H groups in total. The summed E-state index contributed by atoms with van der Waals surface area (Å²) in [6.45, 7) is 7.97. The minimum Gasteiger partial charge on any atom is -0.339 e. The molecule has 3 rings (SSSR count). The number of aromatic nitrogens is 3. The van der Waals surface area contributed by atoms with E-state index in [1.165, 1.54) is 23.7 Å². The fraction of sp³-hybridized carbons (Fsp3) is 0.526. The van der Waals surface area contributed by atoms with Gasteiger partial charge in [-0.15, -0.1) is 10.2 Å². The number of hydrogen-bond donors (Lipinski definition) is 0. The van der Waals surface area contributed by atoms with Gasteiger partial charge in [-0.3, -0.25) is 4.79 Å². The Bertz CT molecular complexity index is 743. The van der Waals surface area contributed by atoms with Crippen molar-refractivity contribution in [3.8, 4) is 11.4 Å². The highest BCUT2D eigenvalue weighted by molar-refractivity contribution is 7.99. The zero-order chi connectivity index (χ0) is 17.8. The van der Waals surface area contributed by atoms with Crippen LogP contribution in [-0.2, 0) is 11.3 Å². The third-order valence-electron chi connectivity index (χ3n) is 4.76. The Morgan fingerprint density at radius 2 is 2.16 bits per heavy atom. The van der Waals surface area contributed by atoms with Gasteiger partial charge in [0.25, 0.3) is 0 Å². The van der Waals surface area contributed by atoms with E-state index in [-0.39, 0.29) is 5.91 Å². The summed E-state index contributed by atoms with van der Waals surface area (Å²) in [5.41, 5.74) is 2.27. The van der Waals surface area contributed by atoms with Crippen molar-refractivity contribution in [1.29, 1.82) is 0 Å².